The van der Waals surface area contributed by atoms with Gasteiger partial charge in [-0.15, -0.1) is 37.9 Å². The maximum absolute atomic E-state index is 9.91. The van der Waals surface area contributed by atoms with Crippen LogP contribution in [0, 0.1) is 5.41 Å². The molecule has 0 aliphatic carbocycles. The molecule has 0 unspecified atom stereocenters. The van der Waals surface area contributed by atoms with E-state index in [4.69, 9.17) is 20.4 Å². The fraction of sp³-hybridized carbons (Fsp3) is 0.667. The van der Waals surface area contributed by atoms with Gasteiger partial charge in [0.2, 0.25) is 0 Å². The molecule has 0 rings (SSSR count). The molecule has 0 bridgehead atoms. The molecular weight excluding hydrogens is 284 g/mol. The molecule has 0 aromatic rings. The number of hydrogen-bond donors (Lipinski definition) is 7. The van der Waals surface area contributed by atoms with Crippen molar-refractivity contribution in [2.75, 3.05) is 19.8 Å². The molecule has 8 heteroatoms. The molecule has 102 valence electrons. The summed E-state index contributed by atoms with van der Waals surface area (Å²) >= 11 is 10.8. The van der Waals surface area contributed by atoms with Gasteiger partial charge < -0.3 is 20.4 Å². The van der Waals surface area contributed by atoms with Crippen molar-refractivity contribution < 1.29 is 25.2 Å². The zero-order valence-corrected chi connectivity index (χ0v) is 12.1. The van der Waals surface area contributed by atoms with Crippen LogP contribution in [0.1, 0.15) is 13.3 Å². The highest BCUT2D eigenvalue weighted by atomic mass is 32.2. The van der Waals surface area contributed by atoms with Gasteiger partial charge in [-0.05, 0) is 6.42 Å². The van der Waals surface area contributed by atoms with E-state index >= 15 is 0 Å². The fourth-order valence-corrected chi connectivity index (χ4v) is 0.772. The molecule has 0 atom stereocenters. The van der Waals surface area contributed by atoms with Crippen LogP contribution >= 0.6 is 37.9 Å². The van der Waals surface area contributed by atoms with Crippen molar-refractivity contribution in [2.45, 2.75) is 13.3 Å². The third-order valence-electron chi connectivity index (χ3n) is 2.17. The minimum Gasteiger partial charge on any atom is -0.477 e. The summed E-state index contributed by atoms with van der Waals surface area (Å²) in [4.78, 5) is 9.77. The number of thiol groups is 3. The van der Waals surface area contributed by atoms with Gasteiger partial charge in [0.05, 0.1) is 24.1 Å². The predicted octanol–water partition coefficient (Wildman–Crippen LogP) is 0.389. The number of aliphatic hydroxyl groups is 3. The van der Waals surface area contributed by atoms with Gasteiger partial charge in [-0.1, -0.05) is 6.92 Å². The number of carboxylic acids is 1. The van der Waals surface area contributed by atoms with Crippen LogP contribution in [0.3, 0.4) is 0 Å². The van der Waals surface area contributed by atoms with Crippen molar-refractivity contribution in [1.29, 1.82) is 0 Å². The second-order valence-corrected chi connectivity index (χ2v) is 5.00. The van der Waals surface area contributed by atoms with Crippen molar-refractivity contribution in [3.63, 3.8) is 0 Å². The van der Waals surface area contributed by atoms with Gasteiger partial charge in [0.15, 0.2) is 0 Å². The Labute approximate surface area is 117 Å². The zero-order chi connectivity index (χ0) is 14.1. The lowest BCUT2D eigenvalue weighted by molar-refractivity contribution is -0.131. The smallest absolute Gasteiger partial charge is 0.343 e. The largest absolute Gasteiger partial charge is 0.477 e. The third kappa shape index (κ3) is 7.96. The Morgan fingerprint density at radius 2 is 1.41 bits per heavy atom. The molecule has 0 aliphatic rings. The van der Waals surface area contributed by atoms with Crippen LogP contribution in [0.5, 0.6) is 0 Å². The first-order valence-corrected chi connectivity index (χ1v) is 6.01. The van der Waals surface area contributed by atoms with E-state index in [1.54, 1.807) is 0 Å². The van der Waals surface area contributed by atoms with Crippen LogP contribution < -0.4 is 0 Å². The quantitative estimate of drug-likeness (QED) is 0.294. The first-order chi connectivity index (χ1) is 7.80. The first kappa shape index (κ1) is 19.5. The molecule has 5 nitrogen and oxygen atoms in total. The van der Waals surface area contributed by atoms with Gasteiger partial charge in [0.25, 0.3) is 0 Å². The first-order valence-electron chi connectivity index (χ1n) is 4.67. The molecule has 17 heavy (non-hydrogen) atoms. The fourth-order valence-electron chi connectivity index (χ4n) is 0.581. The number of hydrogen-bond acceptors (Lipinski definition) is 7. The number of carbonyl (C=O) groups is 1. The number of aliphatic hydroxyl groups excluding tert-OH is 3. The Hall–Kier alpha value is 0.140. The summed E-state index contributed by atoms with van der Waals surface area (Å²) in [5.41, 5.74) is -0.667. The van der Waals surface area contributed by atoms with Crippen molar-refractivity contribution in [3.8, 4) is 0 Å². The highest BCUT2D eigenvalue weighted by Gasteiger charge is 2.24. The molecule has 0 saturated carbocycles. The van der Waals surface area contributed by atoms with Crippen LogP contribution in [0.2, 0.25) is 0 Å². The van der Waals surface area contributed by atoms with Gasteiger partial charge in [0.1, 0.15) is 4.91 Å². The van der Waals surface area contributed by atoms with Gasteiger partial charge >= 0.3 is 5.97 Å². The Morgan fingerprint density at radius 1 is 1.06 bits per heavy atom. The average Bonchev–Trinajstić information content (AvgIpc) is 2.32. The van der Waals surface area contributed by atoms with Crippen LogP contribution in [0.4, 0.5) is 0 Å². The van der Waals surface area contributed by atoms with Crippen molar-refractivity contribution in [2.24, 2.45) is 5.41 Å². The van der Waals surface area contributed by atoms with Gasteiger partial charge in [-0.3, -0.25) is 0 Å². The monoisotopic (exact) mass is 302 g/mol. The van der Waals surface area contributed by atoms with Crippen LogP contribution in [-0.4, -0.2) is 46.2 Å². The summed E-state index contributed by atoms with van der Waals surface area (Å²) in [5, 5.41) is 34.1. The molecule has 0 aromatic heterocycles. The summed E-state index contributed by atoms with van der Waals surface area (Å²) in [6, 6.07) is 0. The molecule has 0 fully saturated rings. The Kier molecular flexibility index (Phi) is 11.6. The minimum atomic E-state index is -1.12. The predicted molar refractivity (Wildman–Crippen MR) is 75.6 cm³/mol. The van der Waals surface area contributed by atoms with Gasteiger partial charge in [-0.2, -0.15) is 0 Å². The van der Waals surface area contributed by atoms with Crippen molar-refractivity contribution in [3.05, 3.63) is 9.14 Å². The Morgan fingerprint density at radius 3 is 1.41 bits per heavy atom. The molecular formula is C9H18O5S3. The number of carboxylic acid groups (broad SMARTS) is 1. The van der Waals surface area contributed by atoms with Gasteiger partial charge in [0, 0.05) is 5.41 Å². The molecule has 0 aliphatic heterocycles. The lowest BCUT2D eigenvalue weighted by Crippen LogP contribution is -2.32. The highest BCUT2D eigenvalue weighted by molar-refractivity contribution is 8.06. The zero-order valence-electron chi connectivity index (χ0n) is 9.37. The molecule has 4 N–H and O–H groups in total. The average molecular weight is 302 g/mol. The lowest BCUT2D eigenvalue weighted by Gasteiger charge is -2.24. The van der Waals surface area contributed by atoms with Crippen LogP contribution in [0.25, 0.3) is 0 Å². The van der Waals surface area contributed by atoms with Crippen LogP contribution in [-0.2, 0) is 4.79 Å². The molecule has 0 heterocycles. The van der Waals surface area contributed by atoms with Gasteiger partial charge in [-0.25, -0.2) is 4.79 Å². The van der Waals surface area contributed by atoms with E-state index in [0.717, 1.165) is 0 Å². The molecule has 0 saturated heterocycles. The lowest BCUT2D eigenvalue weighted by atomic mass is 9.88. The summed E-state index contributed by atoms with van der Waals surface area (Å²) in [5.74, 6) is -1.12. The Balaban J connectivity index is 0. The SMILES string of the molecule is CCC(CO)(CO)CO.O=C(O)C(S)=C(S)S. The summed E-state index contributed by atoms with van der Waals surface area (Å²) in [7, 11) is 0. The van der Waals surface area contributed by atoms with Crippen LogP contribution in [0.15, 0.2) is 9.14 Å². The summed E-state index contributed by atoms with van der Waals surface area (Å²) in [6.45, 7) is 1.35. The van der Waals surface area contributed by atoms with E-state index in [2.05, 4.69) is 37.9 Å². The second-order valence-electron chi connectivity index (χ2n) is 3.31. The maximum atomic E-state index is 9.91. The molecule has 0 aromatic carbocycles. The minimum absolute atomic E-state index is 0.112. The van der Waals surface area contributed by atoms with Crippen molar-refractivity contribution >= 4 is 43.9 Å². The second kappa shape index (κ2) is 10.1. The highest BCUT2D eigenvalue weighted by Crippen LogP contribution is 2.18. The van der Waals surface area contributed by atoms with E-state index in [1.807, 2.05) is 6.92 Å². The van der Waals surface area contributed by atoms with E-state index in [1.165, 1.54) is 0 Å². The van der Waals surface area contributed by atoms with E-state index in [-0.39, 0.29) is 29.0 Å². The van der Waals surface area contributed by atoms with E-state index in [9.17, 15) is 4.79 Å². The molecule has 0 amide bonds. The van der Waals surface area contributed by atoms with E-state index < -0.39 is 11.4 Å². The number of rotatable bonds is 5. The summed E-state index contributed by atoms with van der Waals surface area (Å²) < 4.78 is 0.112. The standard InChI is InChI=1S/C6H14O3.C3H4O2S3/c1-2-6(3-7,4-8)5-9;4-2(5)1(6)3(7)8/h7-9H,2-5H2,1H3;6-8H,(H,4,5). The molecule has 0 spiro atoms. The van der Waals surface area contributed by atoms with E-state index in [0.29, 0.717) is 6.42 Å². The van der Waals surface area contributed by atoms with Crippen molar-refractivity contribution in [1.82, 2.24) is 0 Å². The normalized spacial score (nSPS) is 10.3. The molecule has 0 radical (unpaired) electrons. The third-order valence-corrected chi connectivity index (χ3v) is 3.39. The summed E-state index contributed by atoms with van der Waals surface area (Å²) in [6.07, 6.45) is 0.594. The topological polar surface area (TPSA) is 98.0 Å². The Bertz CT molecular complexity index is 242. The number of aliphatic carboxylic acids is 1. The maximum Gasteiger partial charge on any atom is 0.343 e.